The summed E-state index contributed by atoms with van der Waals surface area (Å²) in [5.41, 5.74) is 5.02. The molecule has 0 bridgehead atoms. The van der Waals surface area contributed by atoms with Crippen molar-refractivity contribution in [2.24, 2.45) is 5.73 Å². The molecule has 0 aliphatic rings. The van der Waals surface area contributed by atoms with E-state index in [1.54, 1.807) is 6.92 Å². The van der Waals surface area contributed by atoms with Gasteiger partial charge in [-0.25, -0.2) is 0 Å². The van der Waals surface area contributed by atoms with Crippen LogP contribution < -0.4 is 5.73 Å². The first-order valence-corrected chi connectivity index (χ1v) is 4.09. The minimum Gasteiger partial charge on any atom is -0.395 e. The molecule has 0 aromatic carbocycles. The van der Waals surface area contributed by atoms with Crippen molar-refractivity contribution in [3.05, 3.63) is 0 Å². The standard InChI is InChI=1S/C7H15F3N2O/c1-2-12(3-4-13)6(5-11)7(8,9)10/h6,13H,2-5,11H2,1H3. The molecule has 3 N–H and O–H groups in total. The lowest BCUT2D eigenvalue weighted by Crippen LogP contribution is -2.51. The molecule has 80 valence electrons. The number of likely N-dealkylation sites (N-methyl/N-ethyl adjacent to an activating group) is 1. The average Bonchev–Trinajstić information content (AvgIpc) is 2.01. The summed E-state index contributed by atoms with van der Waals surface area (Å²) >= 11 is 0. The fourth-order valence-electron chi connectivity index (χ4n) is 1.15. The van der Waals surface area contributed by atoms with E-state index in [0.29, 0.717) is 0 Å². The zero-order valence-electron chi connectivity index (χ0n) is 7.51. The van der Waals surface area contributed by atoms with E-state index in [-0.39, 0.29) is 19.7 Å². The molecule has 0 spiro atoms. The number of hydrogen-bond acceptors (Lipinski definition) is 3. The molecule has 0 rings (SSSR count). The maximum absolute atomic E-state index is 12.3. The van der Waals surface area contributed by atoms with Crippen LogP contribution in [0.15, 0.2) is 0 Å². The number of hydrogen-bond donors (Lipinski definition) is 2. The molecule has 0 heterocycles. The Labute approximate surface area is 75.3 Å². The molecule has 0 amide bonds. The van der Waals surface area contributed by atoms with Crippen LogP contribution in [0.25, 0.3) is 0 Å². The Hall–Kier alpha value is -0.330. The normalized spacial score (nSPS) is 15.0. The minimum absolute atomic E-state index is 0.00211. The third kappa shape index (κ3) is 3.93. The summed E-state index contributed by atoms with van der Waals surface area (Å²) in [7, 11) is 0. The van der Waals surface area contributed by atoms with Gasteiger partial charge < -0.3 is 10.8 Å². The lowest BCUT2D eigenvalue weighted by molar-refractivity contribution is -0.181. The Bertz CT molecular complexity index is 140. The highest BCUT2D eigenvalue weighted by Crippen LogP contribution is 2.23. The smallest absolute Gasteiger partial charge is 0.395 e. The van der Waals surface area contributed by atoms with Crippen molar-refractivity contribution in [1.82, 2.24) is 4.90 Å². The quantitative estimate of drug-likeness (QED) is 0.666. The molecule has 3 nitrogen and oxygen atoms in total. The SMILES string of the molecule is CCN(CCO)C(CN)C(F)(F)F. The molecule has 0 aliphatic heterocycles. The first kappa shape index (κ1) is 12.7. The summed E-state index contributed by atoms with van der Waals surface area (Å²) in [6.45, 7) is 1.06. The molecule has 0 radical (unpaired) electrons. The highest BCUT2D eigenvalue weighted by atomic mass is 19.4. The van der Waals surface area contributed by atoms with E-state index in [2.05, 4.69) is 0 Å². The average molecular weight is 200 g/mol. The summed E-state index contributed by atoms with van der Waals surface area (Å²) < 4.78 is 36.8. The van der Waals surface area contributed by atoms with Gasteiger partial charge in [0, 0.05) is 13.1 Å². The minimum atomic E-state index is -4.32. The summed E-state index contributed by atoms with van der Waals surface area (Å²) in [6, 6.07) is -1.65. The highest BCUT2D eigenvalue weighted by molar-refractivity contribution is 4.78. The van der Waals surface area contributed by atoms with Crippen molar-refractivity contribution in [2.75, 3.05) is 26.2 Å². The molecule has 6 heteroatoms. The van der Waals surface area contributed by atoms with Gasteiger partial charge in [-0.15, -0.1) is 0 Å². The first-order chi connectivity index (χ1) is 5.97. The van der Waals surface area contributed by atoms with E-state index >= 15 is 0 Å². The van der Waals surface area contributed by atoms with Gasteiger partial charge in [0.15, 0.2) is 0 Å². The second-order valence-corrected chi connectivity index (χ2v) is 2.65. The molecule has 0 aliphatic carbocycles. The predicted molar refractivity (Wildman–Crippen MR) is 43.2 cm³/mol. The van der Waals surface area contributed by atoms with Gasteiger partial charge in [-0.3, -0.25) is 4.90 Å². The van der Waals surface area contributed by atoms with E-state index in [1.165, 1.54) is 0 Å². The number of rotatable bonds is 5. The molecule has 13 heavy (non-hydrogen) atoms. The van der Waals surface area contributed by atoms with E-state index in [4.69, 9.17) is 10.8 Å². The van der Waals surface area contributed by atoms with Crippen LogP contribution in [0.5, 0.6) is 0 Å². The predicted octanol–water partition coefficient (Wildman–Crippen LogP) is 0.190. The number of alkyl halides is 3. The summed E-state index contributed by atoms with van der Waals surface area (Å²) in [5, 5.41) is 8.53. The summed E-state index contributed by atoms with van der Waals surface area (Å²) in [4.78, 5) is 1.11. The number of halogens is 3. The Morgan fingerprint density at radius 3 is 2.23 bits per heavy atom. The third-order valence-corrected chi connectivity index (χ3v) is 1.84. The first-order valence-electron chi connectivity index (χ1n) is 4.09. The molecule has 1 atom stereocenters. The molecule has 0 fully saturated rings. The van der Waals surface area contributed by atoms with Crippen LogP contribution in [0.3, 0.4) is 0 Å². The van der Waals surface area contributed by atoms with Crippen molar-refractivity contribution >= 4 is 0 Å². The van der Waals surface area contributed by atoms with Gasteiger partial charge in [0.25, 0.3) is 0 Å². The topological polar surface area (TPSA) is 49.5 Å². The lowest BCUT2D eigenvalue weighted by atomic mass is 10.2. The van der Waals surface area contributed by atoms with Crippen LogP contribution in [-0.2, 0) is 0 Å². The van der Waals surface area contributed by atoms with Crippen molar-refractivity contribution in [2.45, 2.75) is 19.1 Å². The molecule has 0 aromatic rings. The van der Waals surface area contributed by atoms with Crippen LogP contribution in [-0.4, -0.2) is 48.5 Å². The fraction of sp³-hybridized carbons (Fsp3) is 1.00. The Kier molecular flexibility index (Phi) is 5.27. The monoisotopic (exact) mass is 200 g/mol. The molecule has 1 unspecified atom stereocenters. The van der Waals surface area contributed by atoms with Gasteiger partial charge in [0.05, 0.1) is 6.61 Å². The van der Waals surface area contributed by atoms with Gasteiger partial charge in [-0.2, -0.15) is 13.2 Å². The molecule has 0 saturated heterocycles. The van der Waals surface area contributed by atoms with Crippen LogP contribution >= 0.6 is 0 Å². The van der Waals surface area contributed by atoms with E-state index in [9.17, 15) is 13.2 Å². The van der Waals surface area contributed by atoms with Crippen LogP contribution in [0.2, 0.25) is 0 Å². The zero-order chi connectivity index (χ0) is 10.5. The lowest BCUT2D eigenvalue weighted by Gasteiger charge is -2.30. The van der Waals surface area contributed by atoms with Gasteiger partial charge in [0.1, 0.15) is 6.04 Å². The number of aliphatic hydroxyl groups is 1. The summed E-state index contributed by atoms with van der Waals surface area (Å²) in [6.07, 6.45) is -4.32. The Morgan fingerprint density at radius 2 is 2.00 bits per heavy atom. The Balaban J connectivity index is 4.34. The summed E-state index contributed by atoms with van der Waals surface area (Å²) in [5.74, 6) is 0. The largest absolute Gasteiger partial charge is 0.405 e. The van der Waals surface area contributed by atoms with E-state index in [1.807, 2.05) is 0 Å². The molecular formula is C7H15F3N2O. The van der Waals surface area contributed by atoms with Crippen molar-refractivity contribution in [1.29, 1.82) is 0 Å². The maximum atomic E-state index is 12.3. The number of nitrogens with two attached hydrogens (primary N) is 1. The molecule has 0 saturated carbocycles. The van der Waals surface area contributed by atoms with E-state index < -0.39 is 18.8 Å². The molecular weight excluding hydrogens is 185 g/mol. The van der Waals surface area contributed by atoms with Gasteiger partial charge in [-0.05, 0) is 6.54 Å². The second-order valence-electron chi connectivity index (χ2n) is 2.65. The zero-order valence-corrected chi connectivity index (χ0v) is 7.51. The van der Waals surface area contributed by atoms with Crippen molar-refractivity contribution in [3.8, 4) is 0 Å². The van der Waals surface area contributed by atoms with Crippen molar-refractivity contribution < 1.29 is 18.3 Å². The van der Waals surface area contributed by atoms with Gasteiger partial charge in [-0.1, -0.05) is 6.92 Å². The number of nitrogens with zero attached hydrogens (tertiary/aromatic N) is 1. The highest BCUT2D eigenvalue weighted by Gasteiger charge is 2.41. The van der Waals surface area contributed by atoms with Crippen LogP contribution in [0.4, 0.5) is 13.2 Å². The third-order valence-electron chi connectivity index (χ3n) is 1.84. The molecule has 0 aromatic heterocycles. The van der Waals surface area contributed by atoms with Gasteiger partial charge in [0.2, 0.25) is 0 Å². The second kappa shape index (κ2) is 5.41. The van der Waals surface area contributed by atoms with Crippen LogP contribution in [0.1, 0.15) is 6.92 Å². The fourth-order valence-corrected chi connectivity index (χ4v) is 1.15. The van der Waals surface area contributed by atoms with Crippen LogP contribution in [0, 0.1) is 0 Å². The Morgan fingerprint density at radius 1 is 1.46 bits per heavy atom. The van der Waals surface area contributed by atoms with E-state index in [0.717, 1.165) is 4.90 Å². The number of aliphatic hydroxyl groups excluding tert-OH is 1. The van der Waals surface area contributed by atoms with Gasteiger partial charge >= 0.3 is 6.18 Å². The maximum Gasteiger partial charge on any atom is 0.405 e. The van der Waals surface area contributed by atoms with Crippen molar-refractivity contribution in [3.63, 3.8) is 0 Å².